The number of nitrogens with two attached hydrogens (primary N) is 1. The third-order valence-electron chi connectivity index (χ3n) is 6.00. The van der Waals surface area contributed by atoms with Gasteiger partial charge in [0.15, 0.2) is 0 Å². The topological polar surface area (TPSA) is 119 Å². The monoisotopic (exact) mass is 446 g/mol. The molecule has 2 unspecified atom stereocenters. The molecular formula is C22H27ClN4O4. The zero-order valence-corrected chi connectivity index (χ0v) is 17.4. The molecule has 2 aliphatic rings. The van der Waals surface area contributed by atoms with Crippen molar-refractivity contribution in [3.63, 3.8) is 0 Å². The summed E-state index contributed by atoms with van der Waals surface area (Å²) >= 11 is 0. The normalized spacial score (nSPS) is 19.5. The van der Waals surface area contributed by atoms with Crippen LogP contribution in [0.5, 0.6) is 0 Å². The summed E-state index contributed by atoms with van der Waals surface area (Å²) in [7, 11) is 0. The minimum absolute atomic E-state index is 0. The van der Waals surface area contributed by atoms with Crippen LogP contribution in [0, 0.1) is 15.5 Å². The van der Waals surface area contributed by atoms with E-state index in [0.29, 0.717) is 35.3 Å². The van der Waals surface area contributed by atoms with Gasteiger partial charge in [-0.2, -0.15) is 0 Å². The van der Waals surface area contributed by atoms with Crippen LogP contribution < -0.4 is 11.1 Å². The fourth-order valence-corrected chi connectivity index (χ4v) is 4.06. The number of amides is 2. The van der Waals surface area contributed by atoms with Gasteiger partial charge in [0.1, 0.15) is 0 Å². The molecule has 9 heteroatoms. The van der Waals surface area contributed by atoms with Gasteiger partial charge in [0.2, 0.25) is 0 Å². The molecule has 0 radical (unpaired) electrons. The van der Waals surface area contributed by atoms with Gasteiger partial charge in [-0.05, 0) is 36.6 Å². The van der Waals surface area contributed by atoms with E-state index in [4.69, 9.17) is 5.73 Å². The Kier molecular flexibility index (Phi) is 6.78. The number of hydrogen-bond donors (Lipinski definition) is 2. The maximum Gasteiger partial charge on any atom is 0.269 e. The predicted molar refractivity (Wildman–Crippen MR) is 122 cm³/mol. The Morgan fingerprint density at radius 2 is 1.74 bits per heavy atom. The van der Waals surface area contributed by atoms with Crippen LogP contribution in [0.15, 0.2) is 42.5 Å². The van der Waals surface area contributed by atoms with Crippen LogP contribution in [-0.4, -0.2) is 34.2 Å². The van der Waals surface area contributed by atoms with Gasteiger partial charge in [0.25, 0.3) is 17.5 Å². The molecular weight excluding hydrogens is 420 g/mol. The summed E-state index contributed by atoms with van der Waals surface area (Å²) in [5.41, 5.74) is 7.54. The molecule has 0 fully saturated rings. The molecule has 4 rings (SSSR count). The fraction of sp³-hybridized carbons (Fsp3) is 0.364. The summed E-state index contributed by atoms with van der Waals surface area (Å²) in [4.78, 5) is 38.3. The molecule has 2 aromatic rings. The second-order valence-corrected chi connectivity index (χ2v) is 8.20. The third-order valence-corrected chi connectivity index (χ3v) is 6.00. The van der Waals surface area contributed by atoms with E-state index < -0.39 is 11.0 Å². The zero-order valence-electron chi connectivity index (χ0n) is 16.6. The number of halogens is 1. The van der Waals surface area contributed by atoms with Crippen LogP contribution in [0.2, 0.25) is 0 Å². The molecule has 0 saturated carbocycles. The Morgan fingerprint density at radius 3 is 2.26 bits per heavy atom. The molecule has 31 heavy (non-hydrogen) atoms. The van der Waals surface area contributed by atoms with Gasteiger partial charge in [0.05, 0.1) is 22.1 Å². The van der Waals surface area contributed by atoms with Crippen molar-refractivity contribution in [3.8, 4) is 0 Å². The quantitative estimate of drug-likeness (QED) is 0.413. The first kappa shape index (κ1) is 24.3. The summed E-state index contributed by atoms with van der Waals surface area (Å²) in [5.74, 6) is -0.751. The van der Waals surface area contributed by atoms with Crippen molar-refractivity contribution in [1.29, 1.82) is 0 Å². The van der Waals surface area contributed by atoms with E-state index in [1.54, 1.807) is 30.3 Å². The minimum Gasteiger partial charge on any atom is -0.381 e. The number of nitrogens with one attached hydrogen (secondary N) is 1. The van der Waals surface area contributed by atoms with Crippen molar-refractivity contribution in [2.75, 3.05) is 11.9 Å². The van der Waals surface area contributed by atoms with Crippen molar-refractivity contribution in [3.05, 3.63) is 69.3 Å². The van der Waals surface area contributed by atoms with E-state index in [2.05, 4.69) is 5.32 Å². The lowest BCUT2D eigenvalue weighted by Crippen LogP contribution is -2.48. The zero-order chi connectivity index (χ0) is 20.9. The van der Waals surface area contributed by atoms with Crippen LogP contribution in [0.3, 0.4) is 0 Å². The average Bonchev–Trinajstić information content (AvgIpc) is 2.97. The van der Waals surface area contributed by atoms with Crippen molar-refractivity contribution < 1.29 is 14.5 Å². The first-order valence-corrected chi connectivity index (χ1v) is 9.46. The maximum atomic E-state index is 13.1. The Morgan fingerprint density at radius 1 is 1.16 bits per heavy atom. The van der Waals surface area contributed by atoms with E-state index in [9.17, 15) is 19.7 Å². The first-order chi connectivity index (χ1) is 13.7. The number of hydrogen-bond acceptors (Lipinski definition) is 6. The van der Waals surface area contributed by atoms with Gasteiger partial charge in [-0.3, -0.25) is 24.6 Å². The van der Waals surface area contributed by atoms with Gasteiger partial charge < -0.3 is 11.1 Å². The molecule has 2 atom stereocenters. The van der Waals surface area contributed by atoms with Gasteiger partial charge in [0, 0.05) is 29.4 Å². The van der Waals surface area contributed by atoms with Crippen LogP contribution in [0.4, 0.5) is 11.4 Å². The number of imide groups is 1. The highest BCUT2D eigenvalue weighted by atomic mass is 35.5. The first-order valence-electron chi connectivity index (χ1n) is 9.46. The Hall–Kier alpha value is -2.97. The van der Waals surface area contributed by atoms with Crippen molar-refractivity contribution in [2.24, 2.45) is 11.1 Å². The maximum absolute atomic E-state index is 13.1. The molecule has 166 valence electrons. The summed E-state index contributed by atoms with van der Waals surface area (Å²) in [6.45, 7) is 4.43. The van der Waals surface area contributed by atoms with E-state index >= 15 is 0 Å². The standard InChI is InChI=1S/C21H22N4O4.CH4.ClH/c1-21(2,11-22)18-10-17(15-9-12(25(28)29)7-8-16(15)23-18)24-19(26)13-5-3-4-6-14(13)20(24)27;;/h3-9,17-18,23H,10-11,22H2,1-2H3;1H4;1H. The number of anilines is 1. The lowest BCUT2D eigenvalue weighted by atomic mass is 9.77. The molecule has 0 bridgehead atoms. The minimum atomic E-state index is -0.616. The number of benzene rings is 2. The van der Waals surface area contributed by atoms with Crippen LogP contribution >= 0.6 is 12.4 Å². The molecule has 2 aromatic carbocycles. The molecule has 0 spiro atoms. The largest absolute Gasteiger partial charge is 0.381 e. The highest BCUT2D eigenvalue weighted by Gasteiger charge is 2.45. The van der Waals surface area contributed by atoms with Crippen molar-refractivity contribution in [2.45, 2.75) is 39.8 Å². The van der Waals surface area contributed by atoms with Crippen molar-refractivity contribution in [1.82, 2.24) is 4.90 Å². The molecule has 3 N–H and O–H groups in total. The number of nitro benzene ring substituents is 1. The van der Waals surface area contributed by atoms with E-state index in [1.807, 2.05) is 13.8 Å². The number of carbonyl (C=O) groups excluding carboxylic acids is 2. The molecule has 0 aliphatic carbocycles. The number of non-ortho nitro benzene ring substituents is 1. The summed E-state index contributed by atoms with van der Waals surface area (Å²) < 4.78 is 0. The molecule has 2 heterocycles. The summed E-state index contributed by atoms with van der Waals surface area (Å²) in [6, 6.07) is 10.5. The lowest BCUT2D eigenvalue weighted by molar-refractivity contribution is -0.384. The smallest absolute Gasteiger partial charge is 0.269 e. The van der Waals surface area contributed by atoms with Gasteiger partial charge in [-0.15, -0.1) is 12.4 Å². The molecule has 8 nitrogen and oxygen atoms in total. The third kappa shape index (κ3) is 3.88. The van der Waals surface area contributed by atoms with E-state index in [1.165, 1.54) is 17.0 Å². The highest BCUT2D eigenvalue weighted by molar-refractivity contribution is 6.21. The molecule has 0 saturated heterocycles. The number of nitrogens with zero attached hydrogens (tertiary/aromatic N) is 2. The van der Waals surface area contributed by atoms with Crippen LogP contribution in [0.25, 0.3) is 0 Å². The predicted octanol–water partition coefficient (Wildman–Crippen LogP) is 4.16. The molecule has 2 amide bonds. The van der Waals surface area contributed by atoms with Crippen molar-refractivity contribution >= 4 is 35.6 Å². The van der Waals surface area contributed by atoms with Gasteiger partial charge in [-0.1, -0.05) is 33.4 Å². The number of fused-ring (bicyclic) bond motifs is 2. The Bertz CT molecular complexity index is 1000. The second kappa shape index (κ2) is 8.64. The van der Waals surface area contributed by atoms with Crippen LogP contribution in [0.1, 0.15) is 60.0 Å². The van der Waals surface area contributed by atoms with E-state index in [-0.39, 0.29) is 48.8 Å². The Labute approximate surface area is 187 Å². The highest BCUT2D eigenvalue weighted by Crippen LogP contribution is 2.45. The van der Waals surface area contributed by atoms with Gasteiger partial charge >= 0.3 is 0 Å². The lowest BCUT2D eigenvalue weighted by Gasteiger charge is -2.43. The SMILES string of the molecule is C.CC(C)(CN)C1CC(N2C(=O)c3ccccc3C2=O)c2cc([N+](=O)[O-])ccc2N1.Cl. The number of rotatable bonds is 4. The second-order valence-electron chi connectivity index (χ2n) is 8.20. The van der Waals surface area contributed by atoms with Gasteiger partial charge in [-0.25, -0.2) is 0 Å². The average molecular weight is 447 g/mol. The Balaban J connectivity index is 0.00000171. The number of nitro groups is 1. The fourth-order valence-electron chi connectivity index (χ4n) is 4.06. The summed E-state index contributed by atoms with van der Waals surface area (Å²) in [5, 5.41) is 14.7. The van der Waals surface area contributed by atoms with Crippen LogP contribution in [-0.2, 0) is 0 Å². The van der Waals surface area contributed by atoms with E-state index in [0.717, 1.165) is 0 Å². The molecule has 0 aromatic heterocycles. The summed E-state index contributed by atoms with van der Waals surface area (Å²) in [6.07, 6.45) is 0.420. The number of carbonyl (C=O) groups is 2. The molecule has 2 aliphatic heterocycles.